The van der Waals surface area contributed by atoms with E-state index in [1.165, 1.54) is 0 Å². The van der Waals surface area contributed by atoms with Crippen molar-refractivity contribution in [3.05, 3.63) is 29.8 Å². The highest BCUT2D eigenvalue weighted by molar-refractivity contribution is 5.82. The molecule has 0 unspecified atom stereocenters. The summed E-state index contributed by atoms with van der Waals surface area (Å²) in [4.78, 5) is 26.2. The SMILES string of the molecule is CN1C(=O)CCN1c1ccccc1C1(N=C=O)CC1. The van der Waals surface area contributed by atoms with Gasteiger partial charge in [-0.3, -0.25) is 14.8 Å². The van der Waals surface area contributed by atoms with Crippen LogP contribution in [0, 0.1) is 0 Å². The highest BCUT2D eigenvalue weighted by Gasteiger charge is 2.47. The highest BCUT2D eigenvalue weighted by Crippen LogP contribution is 2.52. The van der Waals surface area contributed by atoms with E-state index in [1.807, 2.05) is 29.3 Å². The van der Waals surface area contributed by atoms with Gasteiger partial charge < -0.3 is 0 Å². The molecule has 19 heavy (non-hydrogen) atoms. The summed E-state index contributed by atoms with van der Waals surface area (Å²) in [7, 11) is 1.77. The quantitative estimate of drug-likeness (QED) is 0.610. The zero-order chi connectivity index (χ0) is 13.5. The van der Waals surface area contributed by atoms with Crippen molar-refractivity contribution in [3.8, 4) is 0 Å². The fourth-order valence-corrected chi connectivity index (χ4v) is 2.67. The molecule has 1 aliphatic carbocycles. The fraction of sp³-hybridized carbons (Fsp3) is 0.429. The number of aliphatic imine (C=N–C) groups is 1. The van der Waals surface area contributed by atoms with Crippen molar-refractivity contribution in [1.29, 1.82) is 0 Å². The molecule has 0 atom stereocenters. The third-order valence-electron chi connectivity index (χ3n) is 3.93. The summed E-state index contributed by atoms with van der Waals surface area (Å²) in [6.45, 7) is 0.674. The lowest BCUT2D eigenvalue weighted by atomic mass is 10.0. The first kappa shape index (κ1) is 11.9. The van der Waals surface area contributed by atoms with E-state index >= 15 is 0 Å². The number of carbonyl (C=O) groups excluding carboxylic acids is 2. The molecule has 1 heterocycles. The van der Waals surface area contributed by atoms with Crippen LogP contribution in [0.5, 0.6) is 0 Å². The van der Waals surface area contributed by atoms with Crippen LogP contribution in [0.1, 0.15) is 24.8 Å². The summed E-state index contributed by atoms with van der Waals surface area (Å²) in [6, 6.07) is 7.85. The van der Waals surface area contributed by atoms with Gasteiger partial charge in [-0.1, -0.05) is 18.2 Å². The van der Waals surface area contributed by atoms with Crippen molar-refractivity contribution in [1.82, 2.24) is 5.01 Å². The van der Waals surface area contributed by atoms with Crippen molar-refractivity contribution < 1.29 is 9.59 Å². The molecule has 2 aliphatic rings. The molecule has 0 aromatic heterocycles. The summed E-state index contributed by atoms with van der Waals surface area (Å²) in [6.07, 6.45) is 3.94. The van der Waals surface area contributed by atoms with Crippen molar-refractivity contribution >= 4 is 17.7 Å². The molecule has 3 rings (SSSR count). The molecule has 0 radical (unpaired) electrons. The maximum atomic E-state index is 11.7. The average molecular weight is 257 g/mol. The number of isocyanates is 1. The Morgan fingerprint density at radius 3 is 2.63 bits per heavy atom. The Morgan fingerprint density at radius 1 is 1.32 bits per heavy atom. The minimum Gasteiger partial charge on any atom is -0.282 e. The molecule has 1 aromatic carbocycles. The Labute approximate surface area is 111 Å². The molecule has 2 fully saturated rings. The maximum Gasteiger partial charge on any atom is 0.242 e. The Hall–Kier alpha value is -2.13. The molecule has 98 valence electrons. The van der Waals surface area contributed by atoms with Gasteiger partial charge in [-0.05, 0) is 18.9 Å². The van der Waals surface area contributed by atoms with E-state index in [4.69, 9.17) is 0 Å². The second-order valence-corrected chi connectivity index (χ2v) is 5.04. The number of carbonyl (C=O) groups is 1. The van der Waals surface area contributed by atoms with Gasteiger partial charge in [-0.2, -0.15) is 4.99 Å². The van der Waals surface area contributed by atoms with Crippen LogP contribution in [0.15, 0.2) is 29.3 Å². The molecule has 5 heteroatoms. The van der Waals surface area contributed by atoms with Crippen molar-refractivity contribution in [2.75, 3.05) is 18.6 Å². The molecular weight excluding hydrogens is 242 g/mol. The summed E-state index contributed by atoms with van der Waals surface area (Å²) in [5, 5.41) is 3.59. The Kier molecular flexibility index (Phi) is 2.64. The number of anilines is 1. The summed E-state index contributed by atoms with van der Waals surface area (Å²) in [5.74, 6) is 0.110. The largest absolute Gasteiger partial charge is 0.282 e. The summed E-state index contributed by atoms with van der Waals surface area (Å²) >= 11 is 0. The van der Waals surface area contributed by atoms with E-state index in [9.17, 15) is 9.59 Å². The minimum atomic E-state index is -0.412. The van der Waals surface area contributed by atoms with Gasteiger partial charge in [-0.25, -0.2) is 4.79 Å². The van der Waals surface area contributed by atoms with Crippen LogP contribution >= 0.6 is 0 Å². The number of rotatable bonds is 3. The topological polar surface area (TPSA) is 53.0 Å². The number of benzene rings is 1. The maximum absolute atomic E-state index is 11.7. The van der Waals surface area contributed by atoms with Gasteiger partial charge in [0.1, 0.15) is 5.54 Å². The van der Waals surface area contributed by atoms with Gasteiger partial charge in [0, 0.05) is 25.6 Å². The predicted molar refractivity (Wildman–Crippen MR) is 70.2 cm³/mol. The van der Waals surface area contributed by atoms with E-state index in [2.05, 4.69) is 4.99 Å². The first-order valence-electron chi connectivity index (χ1n) is 6.40. The highest BCUT2D eigenvalue weighted by atomic mass is 16.2. The van der Waals surface area contributed by atoms with Crippen molar-refractivity contribution in [2.24, 2.45) is 4.99 Å². The molecule has 1 saturated carbocycles. The van der Waals surface area contributed by atoms with Gasteiger partial charge in [-0.15, -0.1) is 0 Å². The van der Waals surface area contributed by atoms with E-state index in [1.54, 1.807) is 18.1 Å². The van der Waals surface area contributed by atoms with E-state index in [0.717, 1.165) is 24.1 Å². The number of hydrazine groups is 1. The number of hydrogen-bond donors (Lipinski definition) is 0. The number of amides is 1. The monoisotopic (exact) mass is 257 g/mol. The summed E-state index contributed by atoms with van der Waals surface area (Å²) < 4.78 is 0. The Bertz CT molecular complexity index is 574. The van der Waals surface area contributed by atoms with Gasteiger partial charge in [0.15, 0.2) is 0 Å². The van der Waals surface area contributed by atoms with Crippen LogP contribution in [0.2, 0.25) is 0 Å². The Morgan fingerprint density at radius 2 is 2.05 bits per heavy atom. The molecular formula is C14H15N3O2. The molecule has 0 bridgehead atoms. The van der Waals surface area contributed by atoms with Gasteiger partial charge >= 0.3 is 0 Å². The third-order valence-corrected chi connectivity index (χ3v) is 3.93. The third kappa shape index (κ3) is 1.83. The van der Waals surface area contributed by atoms with Crippen LogP contribution in [0.4, 0.5) is 5.69 Å². The van der Waals surface area contributed by atoms with Crippen LogP contribution in [0.3, 0.4) is 0 Å². The van der Waals surface area contributed by atoms with E-state index in [-0.39, 0.29) is 5.91 Å². The zero-order valence-electron chi connectivity index (χ0n) is 10.8. The average Bonchev–Trinajstić information content (AvgIpc) is 3.13. The number of hydrogen-bond acceptors (Lipinski definition) is 4. The lowest BCUT2D eigenvalue weighted by Gasteiger charge is -2.29. The van der Waals surface area contributed by atoms with Crippen LogP contribution in [0.25, 0.3) is 0 Å². The van der Waals surface area contributed by atoms with Crippen LogP contribution in [-0.4, -0.2) is 30.6 Å². The van der Waals surface area contributed by atoms with Crippen molar-refractivity contribution in [2.45, 2.75) is 24.8 Å². The lowest BCUT2D eigenvalue weighted by molar-refractivity contribution is -0.126. The molecule has 0 N–H and O–H groups in total. The van der Waals surface area contributed by atoms with Gasteiger partial charge in [0.2, 0.25) is 12.0 Å². The second-order valence-electron chi connectivity index (χ2n) is 5.04. The lowest BCUT2D eigenvalue weighted by Crippen LogP contribution is -2.36. The van der Waals surface area contributed by atoms with E-state index in [0.29, 0.717) is 13.0 Å². The molecule has 5 nitrogen and oxygen atoms in total. The predicted octanol–water partition coefficient (Wildman–Crippen LogP) is 1.60. The smallest absolute Gasteiger partial charge is 0.242 e. The van der Waals surface area contributed by atoms with Crippen LogP contribution < -0.4 is 5.01 Å². The fourth-order valence-electron chi connectivity index (χ4n) is 2.67. The molecule has 1 saturated heterocycles. The number of para-hydroxylation sites is 1. The van der Waals surface area contributed by atoms with Gasteiger partial charge in [0.05, 0.1) is 5.69 Å². The Balaban J connectivity index is 2.04. The minimum absolute atomic E-state index is 0.110. The first-order valence-corrected chi connectivity index (χ1v) is 6.40. The van der Waals surface area contributed by atoms with Crippen LogP contribution in [-0.2, 0) is 15.1 Å². The summed E-state index contributed by atoms with van der Waals surface area (Å²) in [5.41, 5.74) is 1.57. The first-order chi connectivity index (χ1) is 9.18. The molecule has 1 aromatic rings. The second kappa shape index (κ2) is 4.21. The van der Waals surface area contributed by atoms with Gasteiger partial charge in [0.25, 0.3) is 0 Å². The molecule has 0 spiro atoms. The zero-order valence-corrected chi connectivity index (χ0v) is 10.8. The normalized spacial score (nSPS) is 20.4. The molecule has 1 amide bonds. The standard InChI is InChI=1S/C14H15N3O2/c1-16-13(19)6-9-17(16)12-5-3-2-4-11(12)14(7-8-14)15-10-18/h2-5H,6-9H2,1H3. The van der Waals surface area contributed by atoms with Crippen molar-refractivity contribution in [3.63, 3.8) is 0 Å². The molecule has 1 aliphatic heterocycles. The van der Waals surface area contributed by atoms with E-state index < -0.39 is 5.54 Å². The number of nitrogens with zero attached hydrogens (tertiary/aromatic N) is 3.